The standard InChI is InChI=1S/C23H28N2O2/c1-27-22-9-7-18(8-10-22)16-24-13-11-19-15-23(26)25(14-12-20(19)17-24)21-5-3-2-4-6-21/h2-10,19-20H,11-17H2,1H3/t19-,20-/m0/s1. The molecular formula is C23H28N2O2. The van der Waals surface area contributed by atoms with Crippen LogP contribution in [0.25, 0.3) is 0 Å². The van der Waals surface area contributed by atoms with Crippen molar-refractivity contribution in [2.45, 2.75) is 25.8 Å². The number of fused-ring (bicyclic) bond motifs is 1. The van der Waals surface area contributed by atoms with E-state index in [0.717, 1.165) is 50.5 Å². The number of piperidine rings is 1. The topological polar surface area (TPSA) is 32.8 Å². The molecule has 2 aromatic rings. The molecule has 0 radical (unpaired) electrons. The van der Waals surface area contributed by atoms with Gasteiger partial charge in [0.2, 0.25) is 5.91 Å². The van der Waals surface area contributed by atoms with Gasteiger partial charge in [-0.2, -0.15) is 0 Å². The molecule has 0 unspecified atom stereocenters. The van der Waals surface area contributed by atoms with Gasteiger partial charge < -0.3 is 9.64 Å². The van der Waals surface area contributed by atoms with Gasteiger partial charge in [0.1, 0.15) is 5.75 Å². The molecule has 0 N–H and O–H groups in total. The second-order valence-electron chi connectivity index (χ2n) is 7.77. The first-order chi connectivity index (χ1) is 13.2. The van der Waals surface area contributed by atoms with Crippen LogP contribution < -0.4 is 9.64 Å². The molecule has 2 saturated heterocycles. The summed E-state index contributed by atoms with van der Waals surface area (Å²) in [4.78, 5) is 17.3. The lowest BCUT2D eigenvalue weighted by Gasteiger charge is -2.37. The quantitative estimate of drug-likeness (QED) is 0.823. The van der Waals surface area contributed by atoms with Gasteiger partial charge in [0.05, 0.1) is 7.11 Å². The Balaban J connectivity index is 1.40. The molecule has 1 amide bonds. The van der Waals surface area contributed by atoms with Crippen LogP contribution in [-0.2, 0) is 11.3 Å². The number of hydrogen-bond donors (Lipinski definition) is 0. The first-order valence-electron chi connectivity index (χ1n) is 9.93. The fourth-order valence-electron chi connectivity index (χ4n) is 4.52. The van der Waals surface area contributed by atoms with E-state index >= 15 is 0 Å². The predicted molar refractivity (Wildman–Crippen MR) is 108 cm³/mol. The number of likely N-dealkylation sites (tertiary alicyclic amines) is 1. The second-order valence-corrected chi connectivity index (χ2v) is 7.77. The summed E-state index contributed by atoms with van der Waals surface area (Å²) in [6.45, 7) is 3.97. The number of carbonyl (C=O) groups excluding carboxylic acids is 1. The highest BCUT2D eigenvalue weighted by molar-refractivity contribution is 5.93. The van der Waals surface area contributed by atoms with Crippen molar-refractivity contribution in [1.82, 2.24) is 4.90 Å². The third kappa shape index (κ3) is 4.16. The number of ether oxygens (including phenoxy) is 1. The maximum absolute atomic E-state index is 12.8. The number of hydrogen-bond acceptors (Lipinski definition) is 3. The van der Waals surface area contributed by atoms with Crippen molar-refractivity contribution in [3.05, 3.63) is 60.2 Å². The molecule has 4 nitrogen and oxygen atoms in total. The molecule has 2 fully saturated rings. The monoisotopic (exact) mass is 364 g/mol. The van der Waals surface area contributed by atoms with Crippen LogP contribution in [-0.4, -0.2) is 37.6 Å². The lowest BCUT2D eigenvalue weighted by molar-refractivity contribution is -0.119. The van der Waals surface area contributed by atoms with Gasteiger partial charge in [-0.1, -0.05) is 30.3 Å². The highest BCUT2D eigenvalue weighted by Crippen LogP contribution is 2.34. The second kappa shape index (κ2) is 8.13. The normalized spacial score (nSPS) is 23.6. The zero-order chi connectivity index (χ0) is 18.6. The molecule has 4 heteroatoms. The van der Waals surface area contributed by atoms with Crippen molar-refractivity contribution in [3.8, 4) is 5.75 Å². The summed E-state index contributed by atoms with van der Waals surface area (Å²) in [6, 6.07) is 18.5. The molecule has 27 heavy (non-hydrogen) atoms. The average molecular weight is 364 g/mol. The van der Waals surface area contributed by atoms with E-state index in [-0.39, 0.29) is 5.91 Å². The number of para-hydroxylation sites is 1. The minimum Gasteiger partial charge on any atom is -0.497 e. The first-order valence-corrected chi connectivity index (χ1v) is 9.93. The Morgan fingerprint density at radius 3 is 2.44 bits per heavy atom. The fraction of sp³-hybridized carbons (Fsp3) is 0.435. The molecule has 2 aliphatic rings. The van der Waals surface area contributed by atoms with Crippen molar-refractivity contribution in [2.75, 3.05) is 31.6 Å². The molecular weight excluding hydrogens is 336 g/mol. The van der Waals surface area contributed by atoms with E-state index in [1.54, 1.807) is 7.11 Å². The van der Waals surface area contributed by atoms with E-state index in [1.807, 2.05) is 47.4 Å². The third-order valence-electron chi connectivity index (χ3n) is 6.07. The summed E-state index contributed by atoms with van der Waals surface area (Å²) in [6.07, 6.45) is 2.90. The van der Waals surface area contributed by atoms with Crippen LogP contribution in [0, 0.1) is 11.8 Å². The van der Waals surface area contributed by atoms with E-state index in [1.165, 1.54) is 5.56 Å². The largest absolute Gasteiger partial charge is 0.497 e. The van der Waals surface area contributed by atoms with Crippen molar-refractivity contribution in [3.63, 3.8) is 0 Å². The predicted octanol–water partition coefficient (Wildman–Crippen LogP) is 3.96. The van der Waals surface area contributed by atoms with E-state index in [4.69, 9.17) is 4.74 Å². The van der Waals surface area contributed by atoms with Crippen LogP contribution in [0.3, 0.4) is 0 Å². The van der Waals surface area contributed by atoms with Crippen LogP contribution >= 0.6 is 0 Å². The average Bonchev–Trinajstić information content (AvgIpc) is 2.87. The van der Waals surface area contributed by atoms with Gasteiger partial charge in [-0.25, -0.2) is 0 Å². The van der Waals surface area contributed by atoms with Crippen LogP contribution in [0.4, 0.5) is 5.69 Å². The molecule has 4 rings (SSSR count). The number of anilines is 1. The number of rotatable bonds is 4. The Morgan fingerprint density at radius 1 is 0.963 bits per heavy atom. The van der Waals surface area contributed by atoms with Gasteiger partial charge in [-0.3, -0.25) is 9.69 Å². The minimum atomic E-state index is 0.289. The molecule has 2 aromatic carbocycles. The smallest absolute Gasteiger partial charge is 0.227 e. The maximum Gasteiger partial charge on any atom is 0.227 e. The number of methoxy groups -OCH3 is 1. The van der Waals surface area contributed by atoms with Crippen molar-refractivity contribution < 1.29 is 9.53 Å². The summed E-state index contributed by atoms with van der Waals surface area (Å²) in [5.41, 5.74) is 2.36. The Hall–Kier alpha value is -2.33. The Morgan fingerprint density at radius 2 is 1.70 bits per heavy atom. The van der Waals surface area contributed by atoms with Crippen LogP contribution in [0.2, 0.25) is 0 Å². The maximum atomic E-state index is 12.8. The van der Waals surface area contributed by atoms with Crippen molar-refractivity contribution in [2.24, 2.45) is 11.8 Å². The van der Waals surface area contributed by atoms with Gasteiger partial charge in [0, 0.05) is 31.7 Å². The van der Waals surface area contributed by atoms with Gasteiger partial charge >= 0.3 is 0 Å². The van der Waals surface area contributed by atoms with Crippen molar-refractivity contribution >= 4 is 11.6 Å². The summed E-state index contributed by atoms with van der Waals surface area (Å²) >= 11 is 0. The van der Waals surface area contributed by atoms with Crippen molar-refractivity contribution in [1.29, 1.82) is 0 Å². The number of carbonyl (C=O) groups is 1. The highest BCUT2D eigenvalue weighted by atomic mass is 16.5. The van der Waals surface area contributed by atoms with Gasteiger partial charge in [0.25, 0.3) is 0 Å². The highest BCUT2D eigenvalue weighted by Gasteiger charge is 2.35. The summed E-state index contributed by atoms with van der Waals surface area (Å²) in [7, 11) is 1.70. The lowest BCUT2D eigenvalue weighted by Crippen LogP contribution is -2.40. The third-order valence-corrected chi connectivity index (χ3v) is 6.07. The molecule has 0 spiro atoms. The van der Waals surface area contributed by atoms with Crippen LogP contribution in [0.5, 0.6) is 5.75 Å². The molecule has 0 bridgehead atoms. The molecule has 142 valence electrons. The molecule has 0 saturated carbocycles. The SMILES string of the molecule is COc1ccc(CN2CC[C@H]3CC(=O)N(c4ccccc4)CC[C@H]3C2)cc1. The van der Waals surface area contributed by atoms with Gasteiger partial charge in [-0.05, 0) is 61.1 Å². The Bertz CT molecular complexity index is 760. The first kappa shape index (κ1) is 18.1. The molecule has 2 aliphatic heterocycles. The minimum absolute atomic E-state index is 0.289. The van der Waals surface area contributed by atoms with Gasteiger partial charge in [0.15, 0.2) is 0 Å². The molecule has 0 aliphatic carbocycles. The molecule has 2 atom stereocenters. The summed E-state index contributed by atoms with van der Waals surface area (Å²) < 4.78 is 5.25. The Kier molecular flexibility index (Phi) is 5.44. The number of nitrogens with zero attached hydrogens (tertiary/aromatic N) is 2. The van der Waals surface area contributed by atoms with E-state index in [0.29, 0.717) is 18.3 Å². The zero-order valence-electron chi connectivity index (χ0n) is 16.0. The summed E-state index contributed by atoms with van der Waals surface area (Å²) in [5, 5.41) is 0. The Labute approximate surface area is 161 Å². The van der Waals surface area contributed by atoms with Crippen LogP contribution in [0.15, 0.2) is 54.6 Å². The lowest BCUT2D eigenvalue weighted by atomic mass is 9.82. The molecule has 2 heterocycles. The summed E-state index contributed by atoms with van der Waals surface area (Å²) in [5.74, 6) is 2.33. The van der Waals surface area contributed by atoms with E-state index in [2.05, 4.69) is 17.0 Å². The molecule has 0 aromatic heterocycles. The van der Waals surface area contributed by atoms with E-state index in [9.17, 15) is 4.79 Å². The number of benzene rings is 2. The van der Waals surface area contributed by atoms with E-state index < -0.39 is 0 Å². The zero-order valence-corrected chi connectivity index (χ0v) is 16.0. The fourth-order valence-corrected chi connectivity index (χ4v) is 4.52. The number of amides is 1. The van der Waals surface area contributed by atoms with Crippen LogP contribution in [0.1, 0.15) is 24.8 Å². The van der Waals surface area contributed by atoms with Gasteiger partial charge in [-0.15, -0.1) is 0 Å².